The van der Waals surface area contributed by atoms with Gasteiger partial charge in [0.05, 0.1) is 5.69 Å². The number of hydrogen-bond acceptors (Lipinski definition) is 2. The molecule has 6 heteroatoms. The first-order chi connectivity index (χ1) is 8.58. The van der Waals surface area contributed by atoms with Gasteiger partial charge in [0.25, 0.3) is 0 Å². The van der Waals surface area contributed by atoms with Crippen molar-refractivity contribution in [2.24, 2.45) is 0 Å². The molecule has 0 heterocycles. The van der Waals surface area contributed by atoms with Crippen molar-refractivity contribution in [2.75, 3.05) is 25.0 Å². The lowest BCUT2D eigenvalue weighted by Crippen LogP contribution is -2.36. The maximum atomic E-state index is 13.3. The van der Waals surface area contributed by atoms with E-state index in [2.05, 4.69) is 5.32 Å². The SMILES string of the molecule is CCN(CCCO)C(=O)Nc1ccc(F)cc1F. The normalized spacial score (nSPS) is 10.2. The van der Waals surface area contributed by atoms with Gasteiger partial charge in [-0.05, 0) is 25.5 Å². The van der Waals surface area contributed by atoms with E-state index in [-0.39, 0.29) is 12.3 Å². The quantitative estimate of drug-likeness (QED) is 0.850. The third-order valence-electron chi connectivity index (χ3n) is 2.43. The average molecular weight is 258 g/mol. The topological polar surface area (TPSA) is 52.6 Å². The third-order valence-corrected chi connectivity index (χ3v) is 2.43. The van der Waals surface area contributed by atoms with Gasteiger partial charge in [-0.1, -0.05) is 0 Å². The van der Waals surface area contributed by atoms with E-state index in [1.54, 1.807) is 6.92 Å². The van der Waals surface area contributed by atoms with Gasteiger partial charge in [0.2, 0.25) is 0 Å². The summed E-state index contributed by atoms with van der Waals surface area (Å²) in [4.78, 5) is 13.2. The van der Waals surface area contributed by atoms with Crippen LogP contribution in [0.5, 0.6) is 0 Å². The second-order valence-electron chi connectivity index (χ2n) is 3.71. The lowest BCUT2D eigenvalue weighted by atomic mass is 10.3. The van der Waals surface area contributed by atoms with Crippen LogP contribution in [0.3, 0.4) is 0 Å². The van der Waals surface area contributed by atoms with Crippen molar-refractivity contribution in [3.8, 4) is 0 Å². The Morgan fingerprint density at radius 2 is 2.17 bits per heavy atom. The van der Waals surface area contributed by atoms with Gasteiger partial charge in [0.1, 0.15) is 11.6 Å². The molecule has 1 aromatic carbocycles. The highest BCUT2D eigenvalue weighted by atomic mass is 19.1. The molecule has 0 radical (unpaired) electrons. The maximum absolute atomic E-state index is 13.3. The molecule has 0 aliphatic carbocycles. The number of urea groups is 1. The average Bonchev–Trinajstić information content (AvgIpc) is 2.34. The Morgan fingerprint density at radius 1 is 1.44 bits per heavy atom. The van der Waals surface area contributed by atoms with Crippen molar-refractivity contribution in [3.63, 3.8) is 0 Å². The highest BCUT2D eigenvalue weighted by molar-refractivity contribution is 5.89. The molecule has 100 valence electrons. The summed E-state index contributed by atoms with van der Waals surface area (Å²) < 4.78 is 26.0. The van der Waals surface area contributed by atoms with E-state index in [0.29, 0.717) is 25.6 Å². The third kappa shape index (κ3) is 3.96. The van der Waals surface area contributed by atoms with Gasteiger partial charge in [-0.25, -0.2) is 13.6 Å². The highest BCUT2D eigenvalue weighted by Gasteiger charge is 2.13. The van der Waals surface area contributed by atoms with Crippen LogP contribution in [0.15, 0.2) is 18.2 Å². The molecule has 18 heavy (non-hydrogen) atoms. The first-order valence-corrected chi connectivity index (χ1v) is 5.70. The van der Waals surface area contributed by atoms with Crippen molar-refractivity contribution in [2.45, 2.75) is 13.3 Å². The molecule has 0 aliphatic heterocycles. The summed E-state index contributed by atoms with van der Waals surface area (Å²) in [6, 6.07) is 2.47. The van der Waals surface area contributed by atoms with Crippen LogP contribution in [0.2, 0.25) is 0 Å². The Kier molecular flexibility index (Phi) is 5.51. The Labute approximate surface area is 104 Å². The van der Waals surface area contributed by atoms with Gasteiger partial charge < -0.3 is 15.3 Å². The van der Waals surface area contributed by atoms with Crippen molar-refractivity contribution in [1.29, 1.82) is 0 Å². The Balaban J connectivity index is 2.67. The second kappa shape index (κ2) is 6.90. The summed E-state index contributed by atoms with van der Waals surface area (Å²) in [6.07, 6.45) is 0.452. The predicted octanol–water partition coefficient (Wildman–Crippen LogP) is 2.20. The van der Waals surface area contributed by atoms with Crippen LogP contribution >= 0.6 is 0 Å². The zero-order chi connectivity index (χ0) is 13.5. The Hall–Kier alpha value is -1.69. The van der Waals surface area contributed by atoms with E-state index in [1.807, 2.05) is 0 Å². The zero-order valence-corrected chi connectivity index (χ0v) is 10.1. The number of rotatable bonds is 5. The number of aliphatic hydroxyl groups excluding tert-OH is 1. The van der Waals surface area contributed by atoms with E-state index in [0.717, 1.165) is 6.07 Å². The molecule has 4 nitrogen and oxygen atoms in total. The van der Waals surface area contributed by atoms with Gasteiger partial charge in [-0.3, -0.25) is 0 Å². The number of aliphatic hydroxyl groups is 1. The zero-order valence-electron chi connectivity index (χ0n) is 10.1. The van der Waals surface area contributed by atoms with Gasteiger partial charge in [-0.2, -0.15) is 0 Å². The summed E-state index contributed by atoms with van der Waals surface area (Å²) in [6.45, 7) is 2.57. The number of amides is 2. The molecule has 0 saturated heterocycles. The lowest BCUT2D eigenvalue weighted by molar-refractivity contribution is 0.205. The number of halogens is 2. The fourth-order valence-electron chi connectivity index (χ4n) is 1.45. The molecule has 0 fully saturated rings. The number of nitrogens with one attached hydrogen (secondary N) is 1. The minimum atomic E-state index is -0.818. The van der Waals surface area contributed by atoms with Crippen LogP contribution in [0.1, 0.15) is 13.3 Å². The number of carbonyl (C=O) groups is 1. The largest absolute Gasteiger partial charge is 0.396 e. The van der Waals surface area contributed by atoms with Gasteiger partial charge in [0.15, 0.2) is 0 Å². The monoisotopic (exact) mass is 258 g/mol. The summed E-state index contributed by atoms with van der Waals surface area (Å²) in [5, 5.41) is 11.1. The molecule has 2 amide bonds. The Morgan fingerprint density at radius 3 is 2.72 bits per heavy atom. The number of benzene rings is 1. The molecule has 2 N–H and O–H groups in total. The summed E-state index contributed by atoms with van der Waals surface area (Å²) in [5.41, 5.74) is -0.0659. The van der Waals surface area contributed by atoms with Gasteiger partial charge in [0, 0.05) is 25.8 Å². The standard InChI is InChI=1S/C12H16F2N2O2/c1-2-16(6-3-7-17)12(18)15-11-5-4-9(13)8-10(11)14/h4-5,8,17H,2-3,6-7H2,1H3,(H,15,18). The van der Waals surface area contributed by atoms with Crippen LogP contribution < -0.4 is 5.32 Å². The van der Waals surface area contributed by atoms with E-state index in [9.17, 15) is 13.6 Å². The van der Waals surface area contributed by atoms with Crippen molar-refractivity contribution in [3.05, 3.63) is 29.8 Å². The summed E-state index contributed by atoms with van der Waals surface area (Å²) >= 11 is 0. The fourth-order valence-corrected chi connectivity index (χ4v) is 1.45. The van der Waals surface area contributed by atoms with Crippen molar-refractivity contribution >= 4 is 11.7 Å². The Bertz CT molecular complexity index is 413. The number of anilines is 1. The molecule has 0 spiro atoms. The molecular formula is C12H16F2N2O2. The fraction of sp³-hybridized carbons (Fsp3) is 0.417. The second-order valence-corrected chi connectivity index (χ2v) is 3.71. The van der Waals surface area contributed by atoms with E-state index in [4.69, 9.17) is 5.11 Å². The van der Waals surface area contributed by atoms with Crippen molar-refractivity contribution in [1.82, 2.24) is 4.90 Å². The minimum absolute atomic E-state index is 0.0192. The van der Waals surface area contributed by atoms with Gasteiger partial charge >= 0.3 is 6.03 Å². The van der Waals surface area contributed by atoms with Crippen LogP contribution in [0.4, 0.5) is 19.3 Å². The van der Waals surface area contributed by atoms with E-state index in [1.165, 1.54) is 11.0 Å². The summed E-state index contributed by atoms with van der Waals surface area (Å²) in [7, 11) is 0. The lowest BCUT2D eigenvalue weighted by Gasteiger charge is -2.21. The van der Waals surface area contributed by atoms with Crippen molar-refractivity contribution < 1.29 is 18.7 Å². The molecule has 0 atom stereocenters. The first-order valence-electron chi connectivity index (χ1n) is 5.70. The minimum Gasteiger partial charge on any atom is -0.396 e. The first kappa shape index (κ1) is 14.4. The molecule has 0 aliphatic rings. The number of hydrogen-bond donors (Lipinski definition) is 2. The molecule has 1 rings (SSSR count). The predicted molar refractivity (Wildman–Crippen MR) is 64.3 cm³/mol. The molecular weight excluding hydrogens is 242 g/mol. The van der Waals surface area contributed by atoms with E-state index >= 15 is 0 Å². The molecule has 0 bridgehead atoms. The molecule has 0 saturated carbocycles. The number of nitrogens with zero attached hydrogens (tertiary/aromatic N) is 1. The molecule has 0 unspecified atom stereocenters. The van der Waals surface area contributed by atoms with E-state index < -0.39 is 17.7 Å². The smallest absolute Gasteiger partial charge is 0.321 e. The highest BCUT2D eigenvalue weighted by Crippen LogP contribution is 2.15. The molecule has 0 aromatic heterocycles. The summed E-state index contributed by atoms with van der Waals surface area (Å²) in [5.74, 6) is -1.51. The number of carbonyl (C=O) groups excluding carboxylic acids is 1. The van der Waals surface area contributed by atoms with Crippen LogP contribution in [0.25, 0.3) is 0 Å². The molecule has 1 aromatic rings. The van der Waals surface area contributed by atoms with Gasteiger partial charge in [-0.15, -0.1) is 0 Å². The maximum Gasteiger partial charge on any atom is 0.321 e. The van der Waals surface area contributed by atoms with Crippen LogP contribution in [-0.2, 0) is 0 Å². The van der Waals surface area contributed by atoms with Crippen LogP contribution in [0, 0.1) is 11.6 Å². The van der Waals surface area contributed by atoms with Crippen LogP contribution in [-0.4, -0.2) is 35.7 Å².